The normalized spacial score (nSPS) is 17.2. The van der Waals surface area contributed by atoms with Crippen LogP contribution in [0.25, 0.3) is 11.3 Å². The van der Waals surface area contributed by atoms with Gasteiger partial charge in [0.15, 0.2) is 0 Å². The first-order valence-electron chi connectivity index (χ1n) is 7.77. The molecule has 0 atom stereocenters. The van der Waals surface area contributed by atoms with Crippen LogP contribution in [-0.4, -0.2) is 44.8 Å². The molecule has 3 heterocycles. The van der Waals surface area contributed by atoms with E-state index in [0.29, 0.717) is 0 Å². The molecule has 5 heteroatoms. The molecule has 0 saturated carbocycles. The highest BCUT2D eigenvalue weighted by atomic mass is 15.3. The Morgan fingerprint density at radius 3 is 2.71 bits per heavy atom. The quantitative estimate of drug-likeness (QED) is 0.864. The predicted octanol–water partition coefficient (Wildman–Crippen LogP) is 2.24. The van der Waals surface area contributed by atoms with E-state index in [1.807, 2.05) is 29.5 Å². The highest BCUT2D eigenvalue weighted by molar-refractivity contribution is 5.55. The Labute approximate surface area is 126 Å². The van der Waals surface area contributed by atoms with E-state index in [4.69, 9.17) is 4.98 Å². The van der Waals surface area contributed by atoms with E-state index >= 15 is 0 Å². The lowest BCUT2D eigenvalue weighted by Crippen LogP contribution is -2.31. The number of piperidine rings is 1. The van der Waals surface area contributed by atoms with Gasteiger partial charge in [-0.15, -0.1) is 0 Å². The van der Waals surface area contributed by atoms with Gasteiger partial charge >= 0.3 is 0 Å². The van der Waals surface area contributed by atoms with Crippen molar-refractivity contribution < 1.29 is 0 Å². The number of nitrogens with zero attached hydrogens (tertiary/aromatic N) is 5. The lowest BCUT2D eigenvalue weighted by atomic mass is 9.92. The van der Waals surface area contributed by atoms with Gasteiger partial charge in [0, 0.05) is 24.5 Å². The molecule has 0 unspecified atom stereocenters. The van der Waals surface area contributed by atoms with Gasteiger partial charge in [-0.05, 0) is 52.2 Å². The van der Waals surface area contributed by atoms with Crippen LogP contribution in [0.3, 0.4) is 0 Å². The lowest BCUT2D eigenvalue weighted by molar-refractivity contribution is 0.218. The van der Waals surface area contributed by atoms with E-state index < -0.39 is 0 Å². The second-order valence-electron chi connectivity index (χ2n) is 5.93. The smallest absolute Gasteiger partial charge is 0.0920 e. The molecule has 5 nitrogen and oxygen atoms in total. The Morgan fingerprint density at radius 1 is 1.19 bits per heavy atom. The Kier molecular flexibility index (Phi) is 4.29. The summed E-state index contributed by atoms with van der Waals surface area (Å²) in [6.07, 6.45) is 11.2. The zero-order valence-electron chi connectivity index (χ0n) is 12.9. The number of likely N-dealkylation sites (tertiary alicyclic amines) is 1. The average molecular weight is 285 g/mol. The predicted molar refractivity (Wildman–Crippen MR) is 82.9 cm³/mol. The van der Waals surface area contributed by atoms with Gasteiger partial charge in [0.25, 0.3) is 0 Å². The van der Waals surface area contributed by atoms with Crippen molar-refractivity contribution in [1.29, 1.82) is 0 Å². The monoisotopic (exact) mass is 285 g/mol. The first-order chi connectivity index (χ1) is 10.2. The van der Waals surface area contributed by atoms with Gasteiger partial charge in [-0.3, -0.25) is 9.67 Å². The SMILES string of the molecule is CCn1cc(-c2cncc(CC3CCN(C)CC3)n2)cn1. The fourth-order valence-electron chi connectivity index (χ4n) is 2.87. The maximum atomic E-state index is 4.77. The Bertz CT molecular complexity index is 584. The molecule has 0 amide bonds. The molecular weight excluding hydrogens is 262 g/mol. The first-order valence-corrected chi connectivity index (χ1v) is 7.77. The van der Waals surface area contributed by atoms with Crippen molar-refractivity contribution in [3.63, 3.8) is 0 Å². The van der Waals surface area contributed by atoms with Crippen molar-refractivity contribution in [3.05, 3.63) is 30.5 Å². The zero-order chi connectivity index (χ0) is 14.7. The van der Waals surface area contributed by atoms with Crippen molar-refractivity contribution in [1.82, 2.24) is 24.6 Å². The van der Waals surface area contributed by atoms with E-state index in [0.717, 1.165) is 35.8 Å². The van der Waals surface area contributed by atoms with E-state index in [-0.39, 0.29) is 0 Å². The first kappa shape index (κ1) is 14.2. The number of hydrogen-bond acceptors (Lipinski definition) is 4. The molecule has 1 saturated heterocycles. The molecule has 0 radical (unpaired) electrons. The van der Waals surface area contributed by atoms with Gasteiger partial charge < -0.3 is 4.90 Å². The van der Waals surface area contributed by atoms with Crippen LogP contribution in [-0.2, 0) is 13.0 Å². The van der Waals surface area contributed by atoms with Gasteiger partial charge in [0.05, 0.1) is 23.8 Å². The Balaban J connectivity index is 1.71. The summed E-state index contributed by atoms with van der Waals surface area (Å²) in [7, 11) is 2.20. The molecule has 1 fully saturated rings. The van der Waals surface area contributed by atoms with Crippen LogP contribution < -0.4 is 0 Å². The van der Waals surface area contributed by atoms with Crippen LogP contribution in [0.1, 0.15) is 25.5 Å². The zero-order valence-corrected chi connectivity index (χ0v) is 12.9. The Morgan fingerprint density at radius 2 is 2.00 bits per heavy atom. The molecule has 3 rings (SSSR count). The highest BCUT2D eigenvalue weighted by Crippen LogP contribution is 2.21. The number of hydrogen-bond donors (Lipinski definition) is 0. The third-order valence-electron chi connectivity index (χ3n) is 4.27. The summed E-state index contributed by atoms with van der Waals surface area (Å²) >= 11 is 0. The fourth-order valence-corrected chi connectivity index (χ4v) is 2.87. The molecule has 0 aromatic carbocycles. The van der Waals surface area contributed by atoms with Crippen LogP contribution in [0, 0.1) is 5.92 Å². The lowest BCUT2D eigenvalue weighted by Gasteiger charge is -2.28. The van der Waals surface area contributed by atoms with Crippen LogP contribution in [0.15, 0.2) is 24.8 Å². The van der Waals surface area contributed by atoms with Crippen molar-refractivity contribution >= 4 is 0 Å². The van der Waals surface area contributed by atoms with Gasteiger partial charge in [-0.1, -0.05) is 0 Å². The van der Waals surface area contributed by atoms with E-state index in [1.54, 1.807) is 0 Å². The molecule has 21 heavy (non-hydrogen) atoms. The van der Waals surface area contributed by atoms with Crippen LogP contribution >= 0.6 is 0 Å². The maximum absolute atomic E-state index is 4.77. The third-order valence-corrected chi connectivity index (χ3v) is 4.27. The van der Waals surface area contributed by atoms with Crippen LogP contribution in [0.5, 0.6) is 0 Å². The summed E-state index contributed by atoms with van der Waals surface area (Å²) in [6.45, 7) is 5.35. The van der Waals surface area contributed by atoms with Gasteiger partial charge in [0.1, 0.15) is 0 Å². The summed E-state index contributed by atoms with van der Waals surface area (Å²) < 4.78 is 1.92. The number of rotatable bonds is 4. The second-order valence-corrected chi connectivity index (χ2v) is 5.93. The minimum atomic E-state index is 0.740. The topological polar surface area (TPSA) is 46.8 Å². The summed E-state index contributed by atoms with van der Waals surface area (Å²) in [6, 6.07) is 0. The number of aromatic nitrogens is 4. The van der Waals surface area contributed by atoms with E-state index in [9.17, 15) is 0 Å². The summed E-state index contributed by atoms with van der Waals surface area (Å²) in [5.41, 5.74) is 3.08. The van der Waals surface area contributed by atoms with Gasteiger partial charge in [0.2, 0.25) is 0 Å². The van der Waals surface area contributed by atoms with E-state index in [2.05, 4.69) is 29.0 Å². The molecule has 0 aliphatic carbocycles. The standard InChI is InChI=1S/C16H23N5/c1-3-21-12-14(9-18-21)16-11-17-10-15(19-16)8-13-4-6-20(2)7-5-13/h9-13H,3-8H2,1-2H3. The van der Waals surface area contributed by atoms with Crippen molar-refractivity contribution in [2.75, 3.05) is 20.1 Å². The molecule has 1 aliphatic heterocycles. The molecule has 1 aliphatic rings. The van der Waals surface area contributed by atoms with Crippen LogP contribution in [0.4, 0.5) is 0 Å². The molecule has 0 bridgehead atoms. The minimum absolute atomic E-state index is 0.740. The third kappa shape index (κ3) is 3.47. The van der Waals surface area contributed by atoms with Gasteiger partial charge in [-0.25, -0.2) is 4.98 Å². The van der Waals surface area contributed by atoms with Gasteiger partial charge in [-0.2, -0.15) is 5.10 Å². The molecule has 112 valence electrons. The van der Waals surface area contributed by atoms with Crippen molar-refractivity contribution in [2.24, 2.45) is 5.92 Å². The summed E-state index contributed by atoms with van der Waals surface area (Å²) in [5.74, 6) is 0.740. The largest absolute Gasteiger partial charge is 0.306 e. The summed E-state index contributed by atoms with van der Waals surface area (Å²) in [5, 5.41) is 4.31. The molecule has 0 N–H and O–H groups in total. The molecule has 0 spiro atoms. The molecule has 2 aromatic heterocycles. The summed E-state index contributed by atoms with van der Waals surface area (Å²) in [4.78, 5) is 11.5. The highest BCUT2D eigenvalue weighted by Gasteiger charge is 2.18. The number of aryl methyl sites for hydroxylation is 1. The minimum Gasteiger partial charge on any atom is -0.306 e. The second kappa shape index (κ2) is 6.35. The van der Waals surface area contributed by atoms with Crippen LogP contribution in [0.2, 0.25) is 0 Å². The van der Waals surface area contributed by atoms with Crippen molar-refractivity contribution in [2.45, 2.75) is 32.7 Å². The van der Waals surface area contributed by atoms with E-state index in [1.165, 1.54) is 25.9 Å². The van der Waals surface area contributed by atoms with Crippen molar-refractivity contribution in [3.8, 4) is 11.3 Å². The fraction of sp³-hybridized carbons (Fsp3) is 0.562. The molecular formula is C16H23N5. The Hall–Kier alpha value is -1.75. The molecule has 2 aromatic rings. The average Bonchev–Trinajstić information content (AvgIpc) is 2.99. The maximum Gasteiger partial charge on any atom is 0.0920 e.